The topological polar surface area (TPSA) is 29.5 Å². The Bertz CT molecular complexity index is 821. The van der Waals surface area contributed by atoms with E-state index in [-0.39, 0.29) is 5.24 Å². The number of hydrogen-bond acceptors (Lipinski definition) is 4. The summed E-state index contributed by atoms with van der Waals surface area (Å²) in [5, 5.41) is -0.0650. The molecule has 0 spiro atoms. The predicted octanol–water partition coefficient (Wildman–Crippen LogP) is 5.35. The molecule has 1 amide bonds. The lowest BCUT2D eigenvalue weighted by molar-refractivity contribution is 0.268. The molecule has 0 aliphatic carbocycles. The van der Waals surface area contributed by atoms with Gasteiger partial charge < -0.3 is 4.74 Å². The number of anilines is 1. The second-order valence-corrected chi connectivity index (χ2v) is 7.02. The Morgan fingerprint density at radius 2 is 1.71 bits per heavy atom. The van der Waals surface area contributed by atoms with E-state index in [2.05, 4.69) is 6.07 Å². The van der Waals surface area contributed by atoms with Gasteiger partial charge in [-0.25, -0.2) is 0 Å². The number of carbonyl (C=O) groups is 1. The van der Waals surface area contributed by atoms with Gasteiger partial charge in [0.25, 0.3) is 5.24 Å². The fourth-order valence-corrected chi connectivity index (χ4v) is 3.90. The average molecular weight is 355 g/mol. The van der Waals surface area contributed by atoms with Gasteiger partial charge in [0.15, 0.2) is 0 Å². The minimum Gasteiger partial charge on any atom is -0.497 e. The van der Waals surface area contributed by atoms with Crippen molar-refractivity contribution in [1.29, 1.82) is 0 Å². The van der Waals surface area contributed by atoms with Crippen molar-refractivity contribution in [2.45, 2.75) is 13.8 Å². The van der Waals surface area contributed by atoms with Gasteiger partial charge in [0.2, 0.25) is 0 Å². The summed E-state index contributed by atoms with van der Waals surface area (Å²) in [6.45, 7) is 4.03. The van der Waals surface area contributed by atoms with E-state index in [1.165, 1.54) is 11.8 Å². The third-order valence-electron chi connectivity index (χ3n) is 3.67. The van der Waals surface area contributed by atoms with Gasteiger partial charge in [-0.1, -0.05) is 30.4 Å². The Hall–Kier alpha value is -2.11. The molecule has 0 radical (unpaired) electrons. The zero-order valence-electron chi connectivity index (χ0n) is 13.7. The van der Waals surface area contributed by atoms with Gasteiger partial charge in [0.1, 0.15) is 10.7 Å². The first-order chi connectivity index (χ1) is 11.5. The molecule has 3 nitrogen and oxygen atoms in total. The van der Waals surface area contributed by atoms with E-state index in [4.69, 9.17) is 17.0 Å². The highest BCUT2D eigenvalue weighted by molar-refractivity contribution is 8.20. The van der Waals surface area contributed by atoms with Crippen molar-refractivity contribution in [3.63, 3.8) is 0 Å². The van der Waals surface area contributed by atoms with Crippen LogP contribution in [0.4, 0.5) is 10.5 Å². The molecule has 1 aliphatic heterocycles. The summed E-state index contributed by atoms with van der Waals surface area (Å²) in [4.78, 5) is 15.4. The monoisotopic (exact) mass is 355 g/mol. The highest BCUT2D eigenvalue weighted by atomic mass is 32.2. The molecule has 0 N–H and O–H groups in total. The van der Waals surface area contributed by atoms with Crippen LogP contribution in [0.3, 0.4) is 0 Å². The maximum absolute atomic E-state index is 12.4. The average Bonchev–Trinajstić information content (AvgIpc) is 2.81. The number of aryl methyl sites for hydroxylation is 2. The van der Waals surface area contributed by atoms with Gasteiger partial charge in [0, 0.05) is 0 Å². The molecule has 0 aromatic heterocycles. The quantitative estimate of drug-likeness (QED) is 0.548. The smallest absolute Gasteiger partial charge is 0.296 e. The Morgan fingerprint density at radius 1 is 1.08 bits per heavy atom. The number of hydrogen-bond donors (Lipinski definition) is 0. The van der Waals surface area contributed by atoms with E-state index >= 15 is 0 Å². The molecule has 122 valence electrons. The molecule has 1 saturated heterocycles. The van der Waals surface area contributed by atoms with Crippen LogP contribution in [0.25, 0.3) is 6.08 Å². The normalized spacial score (nSPS) is 16.1. The number of benzene rings is 2. The van der Waals surface area contributed by atoms with E-state index in [9.17, 15) is 4.79 Å². The Kier molecular flexibility index (Phi) is 4.73. The second kappa shape index (κ2) is 6.79. The lowest BCUT2D eigenvalue weighted by Crippen LogP contribution is -2.26. The molecule has 2 aromatic rings. The predicted molar refractivity (Wildman–Crippen MR) is 105 cm³/mol. The van der Waals surface area contributed by atoms with Crippen LogP contribution in [-0.2, 0) is 0 Å². The van der Waals surface area contributed by atoms with Gasteiger partial charge in [-0.2, -0.15) is 0 Å². The second-order valence-electron chi connectivity index (χ2n) is 5.64. The number of ether oxygens (including phenoxy) is 1. The third-order valence-corrected chi connectivity index (χ3v) is 5.09. The summed E-state index contributed by atoms with van der Waals surface area (Å²) in [5.74, 6) is 0.798. The van der Waals surface area contributed by atoms with E-state index in [0.717, 1.165) is 33.0 Å². The summed E-state index contributed by atoms with van der Waals surface area (Å²) < 4.78 is 5.16. The maximum Gasteiger partial charge on any atom is 0.296 e. The minimum atomic E-state index is -0.0650. The van der Waals surface area contributed by atoms with Crippen molar-refractivity contribution in [1.82, 2.24) is 0 Å². The molecule has 1 fully saturated rings. The molecule has 0 atom stereocenters. The lowest BCUT2D eigenvalue weighted by atomic mass is 10.1. The first-order valence-electron chi connectivity index (χ1n) is 7.48. The first kappa shape index (κ1) is 16.7. The van der Waals surface area contributed by atoms with Gasteiger partial charge in [-0.15, -0.1) is 0 Å². The van der Waals surface area contributed by atoms with Crippen molar-refractivity contribution in [2.75, 3.05) is 12.0 Å². The summed E-state index contributed by atoms with van der Waals surface area (Å²) in [7, 11) is 1.63. The van der Waals surface area contributed by atoms with E-state index in [0.29, 0.717) is 4.99 Å². The summed E-state index contributed by atoms with van der Waals surface area (Å²) in [6, 6.07) is 13.7. The van der Waals surface area contributed by atoms with Crippen LogP contribution in [-0.4, -0.2) is 17.3 Å². The molecular formula is C19H17NO2S2. The van der Waals surface area contributed by atoms with E-state index in [1.54, 1.807) is 12.0 Å². The number of amides is 1. The van der Waals surface area contributed by atoms with Crippen LogP contribution in [0.5, 0.6) is 5.75 Å². The van der Waals surface area contributed by atoms with Crippen molar-refractivity contribution in [3.8, 4) is 5.75 Å². The van der Waals surface area contributed by atoms with Crippen LogP contribution in [0.2, 0.25) is 0 Å². The molecule has 0 saturated carbocycles. The highest BCUT2D eigenvalue weighted by Gasteiger charge is 2.33. The number of methoxy groups -OCH3 is 1. The number of thioether (sulfide) groups is 1. The van der Waals surface area contributed by atoms with Crippen LogP contribution in [0.1, 0.15) is 16.7 Å². The number of carbonyl (C=O) groups excluding carboxylic acids is 1. The van der Waals surface area contributed by atoms with Gasteiger partial charge in [0.05, 0.1) is 17.7 Å². The Morgan fingerprint density at radius 3 is 2.29 bits per heavy atom. The van der Waals surface area contributed by atoms with Gasteiger partial charge in [-0.05, 0) is 72.6 Å². The zero-order chi connectivity index (χ0) is 17.3. The molecule has 24 heavy (non-hydrogen) atoms. The highest BCUT2D eigenvalue weighted by Crippen LogP contribution is 2.37. The van der Waals surface area contributed by atoms with Crippen molar-refractivity contribution in [2.24, 2.45) is 0 Å². The molecular weight excluding hydrogens is 338 g/mol. The Balaban J connectivity index is 1.91. The van der Waals surface area contributed by atoms with Crippen LogP contribution < -0.4 is 9.64 Å². The van der Waals surface area contributed by atoms with Gasteiger partial charge in [-0.3, -0.25) is 9.69 Å². The fourth-order valence-electron chi connectivity index (χ4n) is 2.62. The minimum absolute atomic E-state index is 0.0650. The van der Waals surface area contributed by atoms with Crippen LogP contribution in [0.15, 0.2) is 47.4 Å². The number of rotatable bonds is 3. The van der Waals surface area contributed by atoms with E-state index in [1.807, 2.05) is 56.3 Å². The molecule has 0 bridgehead atoms. The van der Waals surface area contributed by atoms with Crippen molar-refractivity contribution < 1.29 is 9.53 Å². The molecule has 0 unspecified atom stereocenters. The zero-order valence-corrected chi connectivity index (χ0v) is 15.3. The third kappa shape index (κ3) is 3.37. The SMILES string of the molecule is COc1ccc(C=C2SC(=O)N(c3cc(C)cc(C)c3)C2=S)cc1. The molecule has 2 aromatic carbocycles. The maximum atomic E-state index is 12.4. The first-order valence-corrected chi connectivity index (χ1v) is 8.71. The summed E-state index contributed by atoms with van der Waals surface area (Å²) >= 11 is 6.72. The molecule has 3 rings (SSSR count). The van der Waals surface area contributed by atoms with Gasteiger partial charge >= 0.3 is 0 Å². The fraction of sp³-hybridized carbons (Fsp3) is 0.158. The number of nitrogens with zero attached hydrogens (tertiary/aromatic N) is 1. The van der Waals surface area contributed by atoms with Crippen LogP contribution in [0, 0.1) is 13.8 Å². The largest absolute Gasteiger partial charge is 0.497 e. The Labute approximate surface area is 151 Å². The van der Waals surface area contributed by atoms with E-state index < -0.39 is 0 Å². The number of thiocarbonyl (C=S) groups is 1. The van der Waals surface area contributed by atoms with Crippen molar-refractivity contribution >= 4 is 46.0 Å². The standard InChI is InChI=1S/C19H17NO2S2/c1-12-8-13(2)10-15(9-12)20-18(23)17(24-19(20)21)11-14-4-6-16(22-3)7-5-14/h4-11H,1-3H3. The molecule has 5 heteroatoms. The summed E-state index contributed by atoms with van der Waals surface area (Å²) in [6.07, 6.45) is 1.94. The summed E-state index contributed by atoms with van der Waals surface area (Å²) in [5.41, 5.74) is 4.03. The molecule has 1 aliphatic rings. The van der Waals surface area contributed by atoms with Crippen molar-refractivity contribution in [3.05, 3.63) is 64.1 Å². The molecule has 1 heterocycles. The lowest BCUT2D eigenvalue weighted by Gasteiger charge is -2.16. The van der Waals surface area contributed by atoms with Crippen LogP contribution >= 0.6 is 24.0 Å².